The number of hydrogen-bond donors (Lipinski definition) is 2. The molecule has 2 saturated heterocycles. The van der Waals surface area contributed by atoms with Gasteiger partial charge in [-0.25, -0.2) is 19.0 Å². The molecule has 1 saturated carbocycles. The van der Waals surface area contributed by atoms with Crippen LogP contribution in [0.25, 0.3) is 22.6 Å². The maximum absolute atomic E-state index is 12.5. The molecule has 3 fully saturated rings. The lowest BCUT2D eigenvalue weighted by Gasteiger charge is -2.23. The van der Waals surface area contributed by atoms with Crippen molar-refractivity contribution in [2.75, 3.05) is 63.4 Å². The standard InChI is InChI=1S/C23H25ClN4O3.C11H12ClIN4O2/c1-14-8-16(4-5-18(14)21(29)9-15-2-3-15)20-12-26-23-19(10-22(24)27-28(20)23)25-11-17-13-30-6-7-31-17;12-9-3-8(11-15-5-10(13)17(11)16-9)14-4-7-6-18-1-2-19-7/h4-5,8,10,12,15,17,25H,2-3,6-7,9,11,13H2,1H3;3,5,7,14H,1-2,4,6H2. The molecule has 1 aliphatic carbocycles. The molecule has 2 unspecified atom stereocenters. The van der Waals surface area contributed by atoms with E-state index in [0.717, 1.165) is 43.1 Å². The number of ether oxygens (including phenoxy) is 4. The van der Waals surface area contributed by atoms with E-state index in [-0.39, 0.29) is 18.0 Å². The summed E-state index contributed by atoms with van der Waals surface area (Å²) in [6.07, 6.45) is 6.57. The minimum absolute atomic E-state index is 0.0152. The number of halogens is 3. The van der Waals surface area contributed by atoms with Crippen LogP contribution < -0.4 is 10.6 Å². The first-order valence-electron chi connectivity index (χ1n) is 16.6. The number of carbonyl (C=O) groups is 1. The molecule has 4 aromatic heterocycles. The minimum atomic E-state index is -0.0152. The second kappa shape index (κ2) is 16.0. The quantitative estimate of drug-likeness (QED) is 0.127. The van der Waals surface area contributed by atoms with Crippen LogP contribution in [-0.2, 0) is 18.9 Å². The van der Waals surface area contributed by atoms with Gasteiger partial charge in [-0.15, -0.1) is 0 Å². The van der Waals surface area contributed by atoms with Crippen molar-refractivity contribution in [2.24, 2.45) is 5.92 Å². The van der Waals surface area contributed by atoms with Crippen molar-refractivity contribution in [2.45, 2.75) is 38.4 Å². The first-order valence-corrected chi connectivity index (χ1v) is 18.4. The van der Waals surface area contributed by atoms with Crippen LogP contribution in [0.5, 0.6) is 0 Å². The number of rotatable bonds is 10. The third-order valence-electron chi connectivity index (χ3n) is 8.64. The van der Waals surface area contributed by atoms with Gasteiger partial charge in [0.05, 0.1) is 81.3 Å². The van der Waals surface area contributed by atoms with E-state index in [1.165, 1.54) is 12.8 Å². The van der Waals surface area contributed by atoms with Gasteiger partial charge in [0.15, 0.2) is 27.4 Å². The van der Waals surface area contributed by atoms with Gasteiger partial charge < -0.3 is 29.6 Å². The number of benzene rings is 1. The zero-order chi connectivity index (χ0) is 34.6. The first-order chi connectivity index (χ1) is 24.3. The number of ketones is 1. The SMILES string of the molecule is Cc1cc(-c2cnc3c(NCC4COCCO4)cc(Cl)nn23)ccc1C(=O)CC1CC1.Clc1cc(NCC2COCCO2)c2ncc(I)n2n1. The van der Waals surface area contributed by atoms with Crippen LogP contribution in [0.15, 0.2) is 42.7 Å². The molecule has 264 valence electrons. The van der Waals surface area contributed by atoms with Gasteiger partial charge in [-0.2, -0.15) is 10.2 Å². The molecule has 2 N–H and O–H groups in total. The van der Waals surface area contributed by atoms with Crippen LogP contribution in [0.1, 0.15) is 35.2 Å². The molecule has 8 rings (SSSR count). The smallest absolute Gasteiger partial charge is 0.178 e. The van der Waals surface area contributed by atoms with Gasteiger partial charge >= 0.3 is 0 Å². The van der Waals surface area contributed by atoms with Crippen LogP contribution >= 0.6 is 45.8 Å². The normalized spacial score (nSPS) is 19.3. The van der Waals surface area contributed by atoms with E-state index in [1.807, 2.05) is 25.1 Å². The van der Waals surface area contributed by atoms with Crippen molar-refractivity contribution in [3.63, 3.8) is 0 Å². The highest BCUT2D eigenvalue weighted by Crippen LogP contribution is 2.34. The largest absolute Gasteiger partial charge is 0.379 e. The van der Waals surface area contributed by atoms with Crippen molar-refractivity contribution in [3.8, 4) is 11.3 Å². The number of Topliss-reactive ketones (excluding diaryl/α,β-unsaturated/α-hetero) is 1. The van der Waals surface area contributed by atoms with Crippen LogP contribution in [0.3, 0.4) is 0 Å². The predicted octanol–water partition coefficient (Wildman–Crippen LogP) is 5.98. The third kappa shape index (κ3) is 8.49. The van der Waals surface area contributed by atoms with Crippen molar-refractivity contribution in [3.05, 3.63) is 67.9 Å². The van der Waals surface area contributed by atoms with E-state index >= 15 is 0 Å². The first kappa shape index (κ1) is 35.3. The van der Waals surface area contributed by atoms with Gasteiger partial charge in [-0.1, -0.05) is 35.3 Å². The monoisotopic (exact) mass is 834 g/mol. The number of anilines is 2. The molecular formula is C34H37Cl2IN8O5. The molecule has 5 aromatic rings. The highest BCUT2D eigenvalue weighted by Gasteiger charge is 2.26. The fourth-order valence-corrected chi connectivity index (χ4v) is 6.74. The Balaban J connectivity index is 0.000000176. The fourth-order valence-electron chi connectivity index (χ4n) is 5.89. The topological polar surface area (TPSA) is 138 Å². The summed E-state index contributed by atoms with van der Waals surface area (Å²) in [6.45, 7) is 6.93. The molecule has 0 amide bonds. The summed E-state index contributed by atoms with van der Waals surface area (Å²) in [7, 11) is 0. The molecule has 2 atom stereocenters. The lowest BCUT2D eigenvalue weighted by Crippen LogP contribution is -2.34. The van der Waals surface area contributed by atoms with Gasteiger partial charge in [0.1, 0.15) is 3.70 Å². The molecule has 2 aliphatic heterocycles. The Bertz CT molecular complexity index is 1970. The number of nitrogens with zero attached hydrogens (tertiary/aromatic N) is 6. The summed E-state index contributed by atoms with van der Waals surface area (Å²) in [4.78, 5) is 21.4. The summed E-state index contributed by atoms with van der Waals surface area (Å²) in [5.41, 5.74) is 6.60. The van der Waals surface area contributed by atoms with E-state index in [1.54, 1.807) is 33.6 Å². The molecule has 50 heavy (non-hydrogen) atoms. The Morgan fingerprint density at radius 2 is 1.46 bits per heavy atom. The fraction of sp³-hybridized carbons (Fsp3) is 0.441. The lowest BCUT2D eigenvalue weighted by molar-refractivity contribution is -0.0818. The zero-order valence-corrected chi connectivity index (χ0v) is 31.1. The van der Waals surface area contributed by atoms with Gasteiger partial charge in [0, 0.05) is 42.8 Å². The molecule has 3 aliphatic rings. The number of fused-ring (bicyclic) bond motifs is 2. The maximum Gasteiger partial charge on any atom is 0.178 e. The number of carbonyl (C=O) groups excluding carboxylic acids is 1. The number of hydrogen-bond acceptors (Lipinski definition) is 11. The van der Waals surface area contributed by atoms with E-state index in [4.69, 9.17) is 42.1 Å². The highest BCUT2D eigenvalue weighted by atomic mass is 127. The third-order valence-corrected chi connectivity index (χ3v) is 9.74. The number of imidazole rings is 2. The van der Waals surface area contributed by atoms with Gasteiger partial charge in [0.25, 0.3) is 0 Å². The van der Waals surface area contributed by atoms with Crippen molar-refractivity contribution in [1.29, 1.82) is 0 Å². The summed E-state index contributed by atoms with van der Waals surface area (Å²) < 4.78 is 26.5. The summed E-state index contributed by atoms with van der Waals surface area (Å²) >= 11 is 14.5. The van der Waals surface area contributed by atoms with E-state index in [0.29, 0.717) is 81.0 Å². The number of aryl methyl sites for hydroxylation is 1. The average Bonchev–Trinajstić information content (AvgIpc) is 3.72. The molecule has 0 spiro atoms. The molecule has 13 nitrogen and oxygen atoms in total. The van der Waals surface area contributed by atoms with Gasteiger partial charge in [-0.3, -0.25) is 4.79 Å². The molecular weight excluding hydrogens is 798 g/mol. The second-order valence-corrected chi connectivity index (χ2v) is 14.3. The number of aromatic nitrogens is 6. The molecule has 0 radical (unpaired) electrons. The van der Waals surface area contributed by atoms with Crippen molar-refractivity contribution < 1.29 is 23.7 Å². The Kier molecular flexibility index (Phi) is 11.3. The molecule has 0 bridgehead atoms. The van der Waals surface area contributed by atoms with E-state index < -0.39 is 0 Å². The summed E-state index contributed by atoms with van der Waals surface area (Å²) in [5.74, 6) is 0.805. The highest BCUT2D eigenvalue weighted by molar-refractivity contribution is 14.1. The van der Waals surface area contributed by atoms with E-state index in [9.17, 15) is 4.79 Å². The predicted molar refractivity (Wildman–Crippen MR) is 199 cm³/mol. The van der Waals surface area contributed by atoms with Crippen LogP contribution in [0.2, 0.25) is 10.3 Å². The minimum Gasteiger partial charge on any atom is -0.379 e. The van der Waals surface area contributed by atoms with Crippen LogP contribution in [-0.4, -0.2) is 99.9 Å². The average molecular weight is 836 g/mol. The van der Waals surface area contributed by atoms with Crippen LogP contribution in [0, 0.1) is 16.5 Å². The van der Waals surface area contributed by atoms with Gasteiger partial charge in [0.2, 0.25) is 0 Å². The van der Waals surface area contributed by atoms with E-state index in [2.05, 4.69) is 53.4 Å². The Morgan fingerprint density at radius 1 is 0.860 bits per heavy atom. The molecule has 6 heterocycles. The molecule has 16 heteroatoms. The lowest BCUT2D eigenvalue weighted by atomic mass is 9.98. The maximum atomic E-state index is 12.5. The van der Waals surface area contributed by atoms with Crippen molar-refractivity contribution in [1.82, 2.24) is 29.2 Å². The van der Waals surface area contributed by atoms with Gasteiger partial charge in [-0.05, 0) is 59.9 Å². The second-order valence-electron chi connectivity index (χ2n) is 12.5. The Morgan fingerprint density at radius 3 is 2.04 bits per heavy atom. The van der Waals surface area contributed by atoms with Crippen molar-refractivity contribution >= 4 is 74.2 Å². The van der Waals surface area contributed by atoms with Crippen LogP contribution in [0.4, 0.5) is 11.4 Å². The number of nitrogens with one attached hydrogen (secondary N) is 2. The zero-order valence-electron chi connectivity index (χ0n) is 27.4. The summed E-state index contributed by atoms with van der Waals surface area (Å²) in [5, 5.41) is 16.1. The Hall–Kier alpha value is -3.12. The molecule has 1 aromatic carbocycles. The Labute approximate surface area is 312 Å². The summed E-state index contributed by atoms with van der Waals surface area (Å²) in [6, 6.07) is 9.43.